The van der Waals surface area contributed by atoms with Gasteiger partial charge in [-0.25, -0.2) is 9.59 Å². The summed E-state index contributed by atoms with van der Waals surface area (Å²) in [5.41, 5.74) is 3.57. The van der Waals surface area contributed by atoms with E-state index in [9.17, 15) is 19.5 Å². The molecule has 0 fully saturated rings. The largest absolute Gasteiger partial charge is 0.479 e. The lowest BCUT2D eigenvalue weighted by Gasteiger charge is -2.16. The van der Waals surface area contributed by atoms with Gasteiger partial charge in [0, 0.05) is 6.54 Å². The van der Waals surface area contributed by atoms with Crippen LogP contribution in [0, 0.1) is 13.8 Å². The molecule has 0 saturated carbocycles. The molecule has 1 atom stereocenters. The average molecular weight is 381 g/mol. The quantitative estimate of drug-likeness (QED) is 0.686. The Morgan fingerprint density at radius 1 is 1.04 bits per heavy atom. The number of hydrogen-bond donors (Lipinski definition) is 2. The molecule has 146 valence electrons. The molecule has 0 radical (unpaired) electrons. The number of imidazole rings is 1. The molecule has 0 saturated heterocycles. The highest BCUT2D eigenvalue weighted by molar-refractivity contribution is 5.86. The number of carbonyl (C=O) groups excluding carboxylic acids is 1. The normalized spacial score (nSPS) is 12.1. The molecular weight excluding hydrogens is 358 g/mol. The van der Waals surface area contributed by atoms with Crippen molar-refractivity contribution in [2.45, 2.75) is 39.9 Å². The van der Waals surface area contributed by atoms with Crippen LogP contribution >= 0.6 is 0 Å². The molecule has 2 aromatic carbocycles. The molecule has 7 nitrogen and oxygen atoms in total. The smallest absolute Gasteiger partial charge is 0.330 e. The molecule has 0 aliphatic rings. The van der Waals surface area contributed by atoms with Gasteiger partial charge in [0.1, 0.15) is 6.54 Å². The standard InChI is InChI=1S/C21H23N3O4/c1-4-23-16-7-5-6-8-17(16)24(21(23)28)12-18(25)22-19(20(26)27)15-10-9-13(2)14(3)11-15/h5-11,19H,4,12H2,1-3H3,(H,22,25)(H,26,27). The number of hydrogen-bond acceptors (Lipinski definition) is 3. The molecule has 1 heterocycles. The molecule has 0 bridgehead atoms. The van der Waals surface area contributed by atoms with Crippen LogP contribution in [0.15, 0.2) is 47.3 Å². The summed E-state index contributed by atoms with van der Waals surface area (Å²) in [7, 11) is 0. The van der Waals surface area contributed by atoms with Crippen molar-refractivity contribution in [2.75, 3.05) is 0 Å². The van der Waals surface area contributed by atoms with E-state index in [1.807, 2.05) is 39.0 Å². The third-order valence-corrected chi connectivity index (χ3v) is 4.96. The number of rotatable bonds is 6. The molecule has 0 aliphatic carbocycles. The highest BCUT2D eigenvalue weighted by Gasteiger charge is 2.23. The van der Waals surface area contributed by atoms with Crippen molar-refractivity contribution >= 4 is 22.9 Å². The van der Waals surface area contributed by atoms with Crippen molar-refractivity contribution in [3.8, 4) is 0 Å². The van der Waals surface area contributed by atoms with Gasteiger partial charge in [0.05, 0.1) is 11.0 Å². The van der Waals surface area contributed by atoms with E-state index >= 15 is 0 Å². The maximum atomic E-state index is 12.7. The first-order valence-electron chi connectivity index (χ1n) is 9.10. The number of carbonyl (C=O) groups is 2. The van der Waals surface area contributed by atoms with E-state index in [1.54, 1.807) is 28.8 Å². The SMILES string of the molecule is CCn1c(=O)n(CC(=O)NC(C(=O)O)c2ccc(C)c(C)c2)c2ccccc21. The molecule has 1 aromatic heterocycles. The Balaban J connectivity index is 1.89. The number of aromatic nitrogens is 2. The summed E-state index contributed by atoms with van der Waals surface area (Å²) < 4.78 is 2.95. The van der Waals surface area contributed by atoms with Crippen LogP contribution in [0.25, 0.3) is 11.0 Å². The van der Waals surface area contributed by atoms with E-state index in [2.05, 4.69) is 5.32 Å². The number of para-hydroxylation sites is 2. The van der Waals surface area contributed by atoms with Gasteiger partial charge >= 0.3 is 11.7 Å². The van der Waals surface area contributed by atoms with Crippen molar-refractivity contribution in [2.24, 2.45) is 0 Å². The fourth-order valence-corrected chi connectivity index (χ4v) is 3.31. The topological polar surface area (TPSA) is 93.3 Å². The third-order valence-electron chi connectivity index (χ3n) is 4.96. The van der Waals surface area contributed by atoms with Crippen LogP contribution in [-0.4, -0.2) is 26.1 Å². The Hall–Kier alpha value is -3.35. The van der Waals surface area contributed by atoms with Crippen molar-refractivity contribution in [3.63, 3.8) is 0 Å². The van der Waals surface area contributed by atoms with Gasteiger partial charge in [-0.1, -0.05) is 30.3 Å². The fraction of sp³-hybridized carbons (Fsp3) is 0.286. The van der Waals surface area contributed by atoms with Crippen LogP contribution in [0.4, 0.5) is 0 Å². The molecular formula is C21H23N3O4. The van der Waals surface area contributed by atoms with Gasteiger partial charge in [-0.3, -0.25) is 13.9 Å². The van der Waals surface area contributed by atoms with Crippen molar-refractivity contribution in [1.29, 1.82) is 0 Å². The number of fused-ring (bicyclic) bond motifs is 1. The van der Waals surface area contributed by atoms with Crippen molar-refractivity contribution < 1.29 is 14.7 Å². The first kappa shape index (κ1) is 19.4. The maximum absolute atomic E-state index is 12.7. The second kappa shape index (κ2) is 7.72. The lowest BCUT2D eigenvalue weighted by Crippen LogP contribution is -2.38. The molecule has 2 N–H and O–H groups in total. The minimum atomic E-state index is -1.18. The highest BCUT2D eigenvalue weighted by Crippen LogP contribution is 2.18. The van der Waals surface area contributed by atoms with E-state index in [4.69, 9.17) is 0 Å². The number of nitrogens with one attached hydrogen (secondary N) is 1. The monoisotopic (exact) mass is 381 g/mol. The van der Waals surface area contributed by atoms with Crippen LogP contribution < -0.4 is 11.0 Å². The average Bonchev–Trinajstić information content (AvgIpc) is 2.93. The summed E-state index contributed by atoms with van der Waals surface area (Å²) in [6.07, 6.45) is 0. The molecule has 0 spiro atoms. The number of amides is 1. The number of nitrogens with zero attached hydrogens (tertiary/aromatic N) is 2. The minimum absolute atomic E-state index is 0.249. The lowest BCUT2D eigenvalue weighted by molar-refractivity contribution is -0.142. The summed E-state index contributed by atoms with van der Waals surface area (Å²) >= 11 is 0. The van der Waals surface area contributed by atoms with Gasteiger partial charge in [0.25, 0.3) is 0 Å². The van der Waals surface area contributed by atoms with E-state index in [-0.39, 0.29) is 12.2 Å². The Morgan fingerprint density at radius 2 is 1.68 bits per heavy atom. The lowest BCUT2D eigenvalue weighted by atomic mass is 10.0. The van der Waals surface area contributed by atoms with E-state index in [0.717, 1.165) is 16.6 Å². The summed E-state index contributed by atoms with van der Waals surface area (Å²) in [5.74, 6) is -1.69. The summed E-state index contributed by atoms with van der Waals surface area (Å²) in [6.45, 7) is 5.91. The molecule has 3 aromatic rings. The second-order valence-corrected chi connectivity index (χ2v) is 6.78. The maximum Gasteiger partial charge on any atom is 0.330 e. The second-order valence-electron chi connectivity index (χ2n) is 6.78. The van der Waals surface area contributed by atoms with Crippen molar-refractivity contribution in [1.82, 2.24) is 14.5 Å². The van der Waals surface area contributed by atoms with E-state index in [0.29, 0.717) is 17.6 Å². The molecule has 1 unspecified atom stereocenters. The molecule has 3 rings (SSSR count). The van der Waals surface area contributed by atoms with Gasteiger partial charge in [-0.15, -0.1) is 0 Å². The van der Waals surface area contributed by atoms with Gasteiger partial charge in [0.2, 0.25) is 5.91 Å². The number of aryl methyl sites for hydroxylation is 3. The molecule has 28 heavy (non-hydrogen) atoms. The summed E-state index contributed by atoms with van der Waals surface area (Å²) in [6, 6.07) is 11.3. The van der Waals surface area contributed by atoms with Crippen LogP contribution in [0.1, 0.15) is 29.7 Å². The predicted octanol–water partition coefficient (Wildman–Crippen LogP) is 2.38. The minimum Gasteiger partial charge on any atom is -0.479 e. The zero-order valence-corrected chi connectivity index (χ0v) is 16.1. The number of benzene rings is 2. The third kappa shape index (κ3) is 3.55. The zero-order valence-electron chi connectivity index (χ0n) is 16.1. The molecule has 1 amide bonds. The number of aliphatic carboxylic acids is 1. The first-order valence-corrected chi connectivity index (χ1v) is 9.10. The van der Waals surface area contributed by atoms with Gasteiger partial charge < -0.3 is 10.4 Å². The Kier molecular flexibility index (Phi) is 5.35. The summed E-state index contributed by atoms with van der Waals surface area (Å²) in [4.78, 5) is 37.0. The van der Waals surface area contributed by atoms with Gasteiger partial charge in [-0.2, -0.15) is 0 Å². The Bertz CT molecular complexity index is 1110. The van der Waals surface area contributed by atoms with Crippen LogP contribution in [0.3, 0.4) is 0 Å². The van der Waals surface area contributed by atoms with E-state index < -0.39 is 17.9 Å². The first-order chi connectivity index (χ1) is 13.3. The fourth-order valence-electron chi connectivity index (χ4n) is 3.31. The summed E-state index contributed by atoms with van der Waals surface area (Å²) in [5, 5.41) is 12.1. The Labute approximate surface area is 162 Å². The Morgan fingerprint density at radius 3 is 2.25 bits per heavy atom. The molecule has 7 heteroatoms. The van der Waals surface area contributed by atoms with Gasteiger partial charge in [0.15, 0.2) is 6.04 Å². The molecule has 0 aliphatic heterocycles. The van der Waals surface area contributed by atoms with Crippen LogP contribution in [-0.2, 0) is 22.7 Å². The van der Waals surface area contributed by atoms with Gasteiger partial charge in [-0.05, 0) is 49.6 Å². The highest BCUT2D eigenvalue weighted by atomic mass is 16.4. The van der Waals surface area contributed by atoms with Crippen LogP contribution in [0.2, 0.25) is 0 Å². The van der Waals surface area contributed by atoms with E-state index in [1.165, 1.54) is 4.57 Å². The predicted molar refractivity (Wildman–Crippen MR) is 106 cm³/mol. The number of carboxylic acid groups (broad SMARTS) is 1. The zero-order chi connectivity index (χ0) is 20.4. The number of carboxylic acids is 1. The van der Waals surface area contributed by atoms with Crippen LogP contribution in [0.5, 0.6) is 0 Å². The van der Waals surface area contributed by atoms with Crippen molar-refractivity contribution in [3.05, 3.63) is 69.6 Å².